The topological polar surface area (TPSA) is 83.5 Å². The smallest absolute Gasteiger partial charge is 0.305 e. The summed E-state index contributed by atoms with van der Waals surface area (Å²) in [5.41, 5.74) is 0. The molecule has 0 aliphatic heterocycles. The van der Waals surface area contributed by atoms with Crippen molar-refractivity contribution in [3.8, 4) is 0 Å². The quantitative estimate of drug-likeness (QED) is 0.738. The molecule has 0 aliphatic rings. The molecule has 1 rings (SSSR count). The predicted molar refractivity (Wildman–Crippen MR) is 67.7 cm³/mol. The van der Waals surface area contributed by atoms with Crippen LogP contribution in [0.5, 0.6) is 0 Å². The molecule has 0 spiro atoms. The van der Waals surface area contributed by atoms with E-state index in [0.29, 0.717) is 4.88 Å². The molecule has 0 bridgehead atoms. The fourth-order valence-electron chi connectivity index (χ4n) is 1.45. The molecule has 0 fully saturated rings. The number of aliphatic carboxylic acids is 1. The maximum Gasteiger partial charge on any atom is 0.305 e. The van der Waals surface area contributed by atoms with Gasteiger partial charge in [-0.25, -0.2) is 0 Å². The van der Waals surface area contributed by atoms with Crippen LogP contribution in [-0.4, -0.2) is 28.8 Å². The summed E-state index contributed by atoms with van der Waals surface area (Å²) in [5, 5.41) is 12.9. The van der Waals surface area contributed by atoms with Crippen molar-refractivity contribution < 1.29 is 19.5 Å². The number of ketones is 1. The number of hydrogen-bond donors (Lipinski definition) is 2. The SMILES string of the molecule is CC(CC(=O)O)NC(=O)CCC(=O)c1cccs1. The average Bonchev–Trinajstić information content (AvgIpc) is 2.77. The Balaban J connectivity index is 2.29. The summed E-state index contributed by atoms with van der Waals surface area (Å²) < 4.78 is 0. The monoisotopic (exact) mass is 269 g/mol. The molecule has 0 saturated heterocycles. The zero-order chi connectivity index (χ0) is 13.5. The van der Waals surface area contributed by atoms with Gasteiger partial charge in [0.05, 0.1) is 11.3 Å². The van der Waals surface area contributed by atoms with Gasteiger partial charge < -0.3 is 10.4 Å². The number of carboxylic acids is 1. The van der Waals surface area contributed by atoms with Crippen LogP contribution in [0.15, 0.2) is 17.5 Å². The van der Waals surface area contributed by atoms with Crippen molar-refractivity contribution in [2.45, 2.75) is 32.2 Å². The lowest BCUT2D eigenvalue weighted by Crippen LogP contribution is -2.34. The summed E-state index contributed by atoms with van der Waals surface area (Å²) in [6, 6.07) is 3.08. The molecule has 1 atom stereocenters. The Morgan fingerprint density at radius 2 is 2.11 bits per heavy atom. The van der Waals surface area contributed by atoms with E-state index in [4.69, 9.17) is 5.11 Å². The first kappa shape index (κ1) is 14.4. The minimum Gasteiger partial charge on any atom is -0.481 e. The third-order valence-electron chi connectivity index (χ3n) is 2.26. The lowest BCUT2D eigenvalue weighted by molar-refractivity contribution is -0.137. The Labute approximate surface area is 109 Å². The number of nitrogens with one attached hydrogen (secondary N) is 1. The summed E-state index contributed by atoms with van der Waals surface area (Å²) >= 11 is 1.35. The maximum atomic E-state index is 11.6. The Morgan fingerprint density at radius 1 is 1.39 bits per heavy atom. The van der Waals surface area contributed by atoms with Crippen molar-refractivity contribution in [3.63, 3.8) is 0 Å². The zero-order valence-electron chi connectivity index (χ0n) is 10.0. The summed E-state index contributed by atoms with van der Waals surface area (Å²) in [7, 11) is 0. The molecule has 6 heteroatoms. The van der Waals surface area contributed by atoms with Crippen LogP contribution in [0, 0.1) is 0 Å². The molecule has 0 aliphatic carbocycles. The van der Waals surface area contributed by atoms with Crippen LogP contribution in [-0.2, 0) is 9.59 Å². The van der Waals surface area contributed by atoms with Gasteiger partial charge in [0.15, 0.2) is 5.78 Å². The Hall–Kier alpha value is -1.69. The molecule has 5 nitrogen and oxygen atoms in total. The third kappa shape index (κ3) is 5.09. The fourth-order valence-corrected chi connectivity index (χ4v) is 2.14. The highest BCUT2D eigenvalue weighted by molar-refractivity contribution is 7.12. The van der Waals surface area contributed by atoms with E-state index in [-0.39, 0.29) is 31.0 Å². The Morgan fingerprint density at radius 3 is 2.67 bits per heavy atom. The highest BCUT2D eigenvalue weighted by Crippen LogP contribution is 2.12. The highest BCUT2D eigenvalue weighted by atomic mass is 32.1. The van der Waals surface area contributed by atoms with Gasteiger partial charge in [0, 0.05) is 18.9 Å². The average molecular weight is 269 g/mol. The first-order valence-electron chi connectivity index (χ1n) is 5.57. The Kier molecular flexibility index (Phi) is 5.51. The summed E-state index contributed by atoms with van der Waals surface area (Å²) in [4.78, 5) is 34.1. The van der Waals surface area contributed by atoms with Gasteiger partial charge in [0.2, 0.25) is 5.91 Å². The van der Waals surface area contributed by atoms with Gasteiger partial charge in [0.1, 0.15) is 0 Å². The molecule has 98 valence electrons. The molecular weight excluding hydrogens is 254 g/mol. The molecule has 0 aromatic carbocycles. The molecular formula is C12H15NO4S. The molecule has 18 heavy (non-hydrogen) atoms. The number of thiophene rings is 1. The number of carboxylic acid groups (broad SMARTS) is 1. The minimum atomic E-state index is -0.961. The van der Waals surface area contributed by atoms with Crippen LogP contribution in [0.2, 0.25) is 0 Å². The van der Waals surface area contributed by atoms with E-state index in [1.54, 1.807) is 19.1 Å². The second kappa shape index (κ2) is 6.90. The van der Waals surface area contributed by atoms with Crippen LogP contribution in [0.1, 0.15) is 35.9 Å². The third-order valence-corrected chi connectivity index (χ3v) is 3.17. The summed E-state index contributed by atoms with van der Waals surface area (Å²) in [6.07, 6.45) is 0.109. The lowest BCUT2D eigenvalue weighted by atomic mass is 10.1. The molecule has 0 radical (unpaired) electrons. The van der Waals surface area contributed by atoms with Gasteiger partial charge in [-0.15, -0.1) is 11.3 Å². The van der Waals surface area contributed by atoms with Crippen LogP contribution in [0.4, 0.5) is 0 Å². The number of carbonyl (C=O) groups excluding carboxylic acids is 2. The number of rotatable bonds is 7. The lowest BCUT2D eigenvalue weighted by Gasteiger charge is -2.10. The molecule has 1 aromatic heterocycles. The number of amides is 1. The van der Waals surface area contributed by atoms with Crippen LogP contribution in [0.3, 0.4) is 0 Å². The predicted octanol–water partition coefficient (Wildman–Crippen LogP) is 1.69. The first-order valence-corrected chi connectivity index (χ1v) is 6.45. The van der Waals surface area contributed by atoms with Gasteiger partial charge in [-0.2, -0.15) is 0 Å². The molecule has 1 unspecified atom stereocenters. The minimum absolute atomic E-state index is 0.0639. The first-order chi connectivity index (χ1) is 8.49. The van der Waals surface area contributed by atoms with Crippen molar-refractivity contribution in [3.05, 3.63) is 22.4 Å². The molecule has 1 aromatic rings. The maximum absolute atomic E-state index is 11.6. The van der Waals surface area contributed by atoms with E-state index >= 15 is 0 Å². The van der Waals surface area contributed by atoms with Gasteiger partial charge in [-0.05, 0) is 18.4 Å². The van der Waals surface area contributed by atoms with Crippen molar-refractivity contribution in [1.82, 2.24) is 5.32 Å². The van der Waals surface area contributed by atoms with Gasteiger partial charge in [-0.3, -0.25) is 14.4 Å². The number of carbonyl (C=O) groups is 3. The molecule has 2 N–H and O–H groups in total. The van der Waals surface area contributed by atoms with Crippen molar-refractivity contribution >= 4 is 29.0 Å². The largest absolute Gasteiger partial charge is 0.481 e. The van der Waals surface area contributed by atoms with E-state index in [1.807, 2.05) is 5.38 Å². The number of hydrogen-bond acceptors (Lipinski definition) is 4. The second-order valence-electron chi connectivity index (χ2n) is 3.97. The fraction of sp³-hybridized carbons (Fsp3) is 0.417. The molecule has 1 heterocycles. The van der Waals surface area contributed by atoms with Gasteiger partial charge >= 0.3 is 5.97 Å². The van der Waals surface area contributed by atoms with E-state index in [1.165, 1.54) is 11.3 Å². The van der Waals surface area contributed by atoms with Gasteiger partial charge in [0.25, 0.3) is 0 Å². The number of Topliss-reactive ketones (excluding diaryl/α,β-unsaturated/α-hetero) is 1. The van der Waals surface area contributed by atoms with Crippen molar-refractivity contribution in [1.29, 1.82) is 0 Å². The summed E-state index contributed by atoms with van der Waals surface area (Å²) in [6.45, 7) is 1.62. The Bertz CT molecular complexity index is 427. The summed E-state index contributed by atoms with van der Waals surface area (Å²) in [5.74, 6) is -1.32. The molecule has 0 saturated carbocycles. The van der Waals surface area contributed by atoms with E-state index < -0.39 is 12.0 Å². The van der Waals surface area contributed by atoms with E-state index in [0.717, 1.165) is 0 Å². The van der Waals surface area contributed by atoms with Crippen LogP contribution in [0.25, 0.3) is 0 Å². The second-order valence-corrected chi connectivity index (χ2v) is 4.91. The van der Waals surface area contributed by atoms with E-state index in [2.05, 4.69) is 5.32 Å². The van der Waals surface area contributed by atoms with E-state index in [9.17, 15) is 14.4 Å². The van der Waals surface area contributed by atoms with Gasteiger partial charge in [-0.1, -0.05) is 6.07 Å². The van der Waals surface area contributed by atoms with Crippen LogP contribution < -0.4 is 5.32 Å². The zero-order valence-corrected chi connectivity index (χ0v) is 10.8. The van der Waals surface area contributed by atoms with Crippen molar-refractivity contribution in [2.24, 2.45) is 0 Å². The van der Waals surface area contributed by atoms with Crippen LogP contribution >= 0.6 is 11.3 Å². The van der Waals surface area contributed by atoms with Crippen molar-refractivity contribution in [2.75, 3.05) is 0 Å². The highest BCUT2D eigenvalue weighted by Gasteiger charge is 2.13. The normalized spacial score (nSPS) is 11.8. The molecule has 1 amide bonds. The standard InChI is InChI=1S/C12H15NO4S/c1-8(7-12(16)17)13-11(15)5-4-9(14)10-3-2-6-18-10/h2-3,6,8H,4-5,7H2,1H3,(H,13,15)(H,16,17).